The van der Waals surface area contributed by atoms with E-state index in [4.69, 9.17) is 11.6 Å². The summed E-state index contributed by atoms with van der Waals surface area (Å²) in [5.41, 5.74) is 0.141. The van der Waals surface area contributed by atoms with E-state index in [1.54, 1.807) is 12.1 Å². The lowest BCUT2D eigenvalue weighted by Gasteiger charge is -2.35. The van der Waals surface area contributed by atoms with Gasteiger partial charge in [-0.1, -0.05) is 11.6 Å². The van der Waals surface area contributed by atoms with Gasteiger partial charge in [0.05, 0.1) is 10.4 Å². The van der Waals surface area contributed by atoms with Crippen molar-refractivity contribution in [1.82, 2.24) is 10.2 Å². The van der Waals surface area contributed by atoms with Crippen LogP contribution in [0, 0.1) is 5.82 Å². The molecule has 0 aliphatic carbocycles. The maximum atomic E-state index is 14.5. The number of halogens is 6. The maximum Gasteiger partial charge on any atom is 0.573 e. The third-order valence-corrected chi connectivity index (χ3v) is 5.16. The number of ether oxygens (including phenoxy) is 1. The maximum absolute atomic E-state index is 14.5. The van der Waals surface area contributed by atoms with Gasteiger partial charge in [-0.15, -0.1) is 36.9 Å². The zero-order valence-corrected chi connectivity index (χ0v) is 15.7. The van der Waals surface area contributed by atoms with E-state index in [0.717, 1.165) is 36.2 Å². The number of benzene rings is 1. The molecule has 1 aromatic heterocycles. The van der Waals surface area contributed by atoms with Crippen molar-refractivity contribution in [2.75, 3.05) is 26.2 Å². The molecule has 1 aliphatic heterocycles. The third kappa shape index (κ3) is 5.23. The van der Waals surface area contributed by atoms with Gasteiger partial charge in [0.15, 0.2) is 0 Å². The molecule has 26 heavy (non-hydrogen) atoms. The van der Waals surface area contributed by atoms with E-state index in [2.05, 4.69) is 10.1 Å². The lowest BCUT2D eigenvalue weighted by molar-refractivity contribution is -0.274. The Kier molecular flexibility index (Phi) is 7.15. The van der Waals surface area contributed by atoms with Crippen molar-refractivity contribution in [3.8, 4) is 5.75 Å². The highest BCUT2D eigenvalue weighted by Gasteiger charge is 2.33. The Labute approximate surface area is 163 Å². The van der Waals surface area contributed by atoms with E-state index in [0.29, 0.717) is 17.4 Å². The second-order valence-corrected chi connectivity index (χ2v) is 7.31. The molecular weight excluding hydrogens is 415 g/mol. The minimum absolute atomic E-state index is 0. The summed E-state index contributed by atoms with van der Waals surface area (Å²) >= 11 is 7.30. The minimum atomic E-state index is -4.83. The molecule has 10 heteroatoms. The van der Waals surface area contributed by atoms with Crippen molar-refractivity contribution >= 4 is 35.3 Å². The van der Waals surface area contributed by atoms with Gasteiger partial charge in [0, 0.05) is 36.6 Å². The number of hydrogen-bond donors (Lipinski definition) is 1. The first-order chi connectivity index (χ1) is 11.8. The summed E-state index contributed by atoms with van der Waals surface area (Å²) in [7, 11) is 0. The average molecular weight is 431 g/mol. The molecule has 0 saturated carbocycles. The van der Waals surface area contributed by atoms with E-state index in [1.165, 1.54) is 11.3 Å². The topological polar surface area (TPSA) is 24.5 Å². The van der Waals surface area contributed by atoms with E-state index in [1.807, 2.05) is 4.90 Å². The van der Waals surface area contributed by atoms with Crippen LogP contribution < -0.4 is 10.1 Å². The summed E-state index contributed by atoms with van der Waals surface area (Å²) in [6.45, 7) is 2.72. The predicted molar refractivity (Wildman–Crippen MR) is 95.9 cm³/mol. The first-order valence-corrected chi connectivity index (χ1v) is 8.78. The highest BCUT2D eigenvalue weighted by atomic mass is 35.5. The lowest BCUT2D eigenvalue weighted by Crippen LogP contribution is -2.45. The molecule has 3 nitrogen and oxygen atoms in total. The second-order valence-electron chi connectivity index (χ2n) is 5.56. The van der Waals surface area contributed by atoms with Crippen LogP contribution in [0.1, 0.15) is 16.5 Å². The van der Waals surface area contributed by atoms with Gasteiger partial charge in [0.1, 0.15) is 11.6 Å². The van der Waals surface area contributed by atoms with Crippen molar-refractivity contribution in [1.29, 1.82) is 0 Å². The second kappa shape index (κ2) is 8.75. The van der Waals surface area contributed by atoms with Crippen LogP contribution in [0.15, 0.2) is 30.3 Å². The Bertz CT molecular complexity index is 735. The van der Waals surface area contributed by atoms with Crippen LogP contribution in [0.4, 0.5) is 17.6 Å². The molecule has 1 atom stereocenters. The number of nitrogens with zero attached hydrogens (tertiary/aromatic N) is 1. The number of hydrogen-bond acceptors (Lipinski definition) is 4. The van der Waals surface area contributed by atoms with Crippen LogP contribution in [-0.4, -0.2) is 37.4 Å². The van der Waals surface area contributed by atoms with Crippen LogP contribution in [0.2, 0.25) is 4.34 Å². The van der Waals surface area contributed by atoms with Crippen molar-refractivity contribution in [2.24, 2.45) is 0 Å². The van der Waals surface area contributed by atoms with Gasteiger partial charge in [0.25, 0.3) is 0 Å². The van der Waals surface area contributed by atoms with Gasteiger partial charge in [-0.25, -0.2) is 4.39 Å². The minimum Gasteiger partial charge on any atom is -0.406 e. The van der Waals surface area contributed by atoms with Gasteiger partial charge in [-0.05, 0) is 30.3 Å². The van der Waals surface area contributed by atoms with Gasteiger partial charge in [-0.3, -0.25) is 4.90 Å². The number of thiophene rings is 1. The molecule has 0 spiro atoms. The van der Waals surface area contributed by atoms with Crippen LogP contribution in [-0.2, 0) is 0 Å². The molecule has 144 valence electrons. The van der Waals surface area contributed by atoms with E-state index in [-0.39, 0.29) is 18.0 Å². The number of piperazine rings is 1. The molecule has 0 amide bonds. The quantitative estimate of drug-likeness (QED) is 0.701. The number of rotatable bonds is 4. The summed E-state index contributed by atoms with van der Waals surface area (Å²) in [5, 5.41) is 3.20. The molecule has 3 rings (SSSR count). The van der Waals surface area contributed by atoms with Crippen molar-refractivity contribution in [3.63, 3.8) is 0 Å². The molecular formula is C16H16Cl2F4N2OS. The Morgan fingerprint density at radius 3 is 2.42 bits per heavy atom. The van der Waals surface area contributed by atoms with E-state index < -0.39 is 24.0 Å². The van der Waals surface area contributed by atoms with Crippen molar-refractivity contribution in [3.05, 3.63) is 50.9 Å². The fourth-order valence-electron chi connectivity index (χ4n) is 2.87. The van der Waals surface area contributed by atoms with Gasteiger partial charge >= 0.3 is 6.36 Å². The van der Waals surface area contributed by atoms with E-state index in [9.17, 15) is 17.6 Å². The monoisotopic (exact) mass is 430 g/mol. The molecule has 0 bridgehead atoms. The zero-order valence-electron chi connectivity index (χ0n) is 13.4. The molecule has 0 unspecified atom stereocenters. The summed E-state index contributed by atoms with van der Waals surface area (Å²) < 4.78 is 56.5. The Balaban J connectivity index is 0.00000243. The normalized spacial score (nSPS) is 16.8. The van der Waals surface area contributed by atoms with Crippen LogP contribution in [0.3, 0.4) is 0 Å². The van der Waals surface area contributed by atoms with E-state index >= 15 is 0 Å². The number of nitrogens with one attached hydrogen (secondary N) is 1. The standard InChI is InChI=1S/C16H15ClF4N2OS.ClH/c17-14-4-3-13(25-14)15(23-7-5-22-6-8-23)11-9-10(1-2-12(11)18)24-16(19,20)21;/h1-4,9,15,22H,5-8H2;1H/t15-;/m0./s1. The smallest absolute Gasteiger partial charge is 0.406 e. The first kappa shape index (κ1) is 21.2. The average Bonchev–Trinajstić information content (AvgIpc) is 2.96. The Morgan fingerprint density at radius 1 is 1.15 bits per heavy atom. The van der Waals surface area contributed by atoms with Crippen LogP contribution in [0.5, 0.6) is 5.75 Å². The third-order valence-electron chi connectivity index (χ3n) is 3.88. The fraction of sp³-hybridized carbons (Fsp3) is 0.375. The van der Waals surface area contributed by atoms with Crippen LogP contribution in [0.25, 0.3) is 0 Å². The molecule has 0 radical (unpaired) electrons. The Morgan fingerprint density at radius 2 is 1.85 bits per heavy atom. The van der Waals surface area contributed by atoms with Gasteiger partial charge in [-0.2, -0.15) is 0 Å². The summed E-state index contributed by atoms with van der Waals surface area (Å²) in [6, 6.07) is 6.05. The highest BCUT2D eigenvalue weighted by molar-refractivity contribution is 7.16. The molecule has 1 saturated heterocycles. The molecule has 1 aliphatic rings. The number of alkyl halides is 3. The van der Waals surface area contributed by atoms with Gasteiger partial charge in [0.2, 0.25) is 0 Å². The molecule has 1 N–H and O–H groups in total. The lowest BCUT2D eigenvalue weighted by atomic mass is 10.0. The highest BCUT2D eigenvalue weighted by Crippen LogP contribution is 2.38. The first-order valence-electron chi connectivity index (χ1n) is 7.59. The van der Waals surface area contributed by atoms with Crippen molar-refractivity contribution in [2.45, 2.75) is 12.4 Å². The summed E-state index contributed by atoms with van der Waals surface area (Å²) in [5.74, 6) is -1.02. The largest absolute Gasteiger partial charge is 0.573 e. The molecule has 1 fully saturated rings. The zero-order chi connectivity index (χ0) is 18.0. The molecule has 1 aromatic carbocycles. The summed E-state index contributed by atoms with van der Waals surface area (Å²) in [4.78, 5) is 2.80. The van der Waals surface area contributed by atoms with Crippen LogP contribution >= 0.6 is 35.3 Å². The van der Waals surface area contributed by atoms with Crippen molar-refractivity contribution < 1.29 is 22.3 Å². The predicted octanol–water partition coefficient (Wildman–Crippen LogP) is 4.86. The fourth-order valence-corrected chi connectivity index (χ4v) is 4.09. The SMILES string of the molecule is Cl.Fc1ccc(OC(F)(F)F)cc1[C@@H](c1ccc(Cl)s1)N1CCNCC1. The molecule has 2 heterocycles. The summed E-state index contributed by atoms with van der Waals surface area (Å²) in [6.07, 6.45) is -4.83. The Hall–Kier alpha value is -1.06. The molecule has 2 aromatic rings. The van der Waals surface area contributed by atoms with Gasteiger partial charge < -0.3 is 10.1 Å².